The van der Waals surface area contributed by atoms with Crippen LogP contribution in [-0.4, -0.2) is 24.2 Å². The van der Waals surface area contributed by atoms with E-state index in [4.69, 9.17) is 9.72 Å². The molecule has 1 N–H and O–H groups in total. The lowest BCUT2D eigenvalue weighted by Crippen LogP contribution is -2.18. The molecule has 0 fully saturated rings. The molecule has 0 atom stereocenters. The first-order chi connectivity index (χ1) is 14.6. The first-order valence-corrected chi connectivity index (χ1v) is 9.27. The number of benzene rings is 3. The number of hydrazone groups is 1. The van der Waals surface area contributed by atoms with E-state index in [0.29, 0.717) is 33.5 Å². The number of aromatic nitrogens is 1. The number of nitrogens with one attached hydrogen (secondary N) is 1. The third-order valence-electron chi connectivity index (χ3n) is 4.58. The van der Waals surface area contributed by atoms with Crippen molar-refractivity contribution in [3.05, 3.63) is 95.8 Å². The summed E-state index contributed by atoms with van der Waals surface area (Å²) in [6.45, 7) is 0. The molecular formula is C24H18FN3O2. The highest BCUT2D eigenvalue weighted by atomic mass is 19.1. The SMILES string of the molecule is COc1ccc2nc(-c3ccccc3)cc(C(=O)NN=Cc3ccc(F)cc3)c2c1. The first-order valence-electron chi connectivity index (χ1n) is 9.27. The van der Waals surface area contributed by atoms with Gasteiger partial charge in [0.1, 0.15) is 11.6 Å². The van der Waals surface area contributed by atoms with Crippen LogP contribution in [0, 0.1) is 5.82 Å². The van der Waals surface area contributed by atoms with Gasteiger partial charge in [0.2, 0.25) is 0 Å². The highest BCUT2D eigenvalue weighted by Crippen LogP contribution is 2.27. The van der Waals surface area contributed by atoms with E-state index in [9.17, 15) is 9.18 Å². The topological polar surface area (TPSA) is 63.6 Å². The summed E-state index contributed by atoms with van der Waals surface area (Å²) < 4.78 is 18.3. The molecule has 0 radical (unpaired) electrons. The smallest absolute Gasteiger partial charge is 0.272 e. The van der Waals surface area contributed by atoms with Crippen LogP contribution in [-0.2, 0) is 0 Å². The molecule has 0 saturated heterocycles. The Morgan fingerprint density at radius 1 is 1.03 bits per heavy atom. The standard InChI is InChI=1S/C24H18FN3O2/c1-30-19-11-12-22-20(13-19)21(14-23(27-22)17-5-3-2-4-6-17)24(29)28-26-15-16-7-9-18(25)10-8-16/h2-15H,1H3,(H,28,29). The van der Waals surface area contributed by atoms with Gasteiger partial charge in [0.05, 0.1) is 30.1 Å². The van der Waals surface area contributed by atoms with Crippen molar-refractivity contribution in [1.82, 2.24) is 10.4 Å². The fourth-order valence-corrected chi connectivity index (χ4v) is 3.05. The predicted octanol–water partition coefficient (Wildman–Crippen LogP) is 4.81. The normalized spacial score (nSPS) is 11.0. The highest BCUT2D eigenvalue weighted by molar-refractivity contribution is 6.07. The molecule has 0 aliphatic rings. The van der Waals surface area contributed by atoms with Gasteiger partial charge in [-0.1, -0.05) is 42.5 Å². The van der Waals surface area contributed by atoms with Crippen LogP contribution in [0.2, 0.25) is 0 Å². The van der Waals surface area contributed by atoms with Crippen molar-refractivity contribution in [1.29, 1.82) is 0 Å². The summed E-state index contributed by atoms with van der Waals surface area (Å²) >= 11 is 0. The van der Waals surface area contributed by atoms with Crippen molar-refractivity contribution >= 4 is 23.0 Å². The maximum atomic E-state index is 13.0. The Balaban J connectivity index is 1.71. The average molecular weight is 399 g/mol. The summed E-state index contributed by atoms with van der Waals surface area (Å²) in [5, 5.41) is 4.66. The number of methoxy groups -OCH3 is 1. The fourth-order valence-electron chi connectivity index (χ4n) is 3.05. The molecule has 0 unspecified atom stereocenters. The van der Waals surface area contributed by atoms with E-state index < -0.39 is 0 Å². The minimum Gasteiger partial charge on any atom is -0.497 e. The molecule has 3 aromatic carbocycles. The summed E-state index contributed by atoms with van der Waals surface area (Å²) in [5.41, 5.74) is 5.89. The molecule has 148 valence electrons. The minimum absolute atomic E-state index is 0.332. The molecule has 1 aromatic heterocycles. The van der Waals surface area contributed by atoms with Crippen LogP contribution in [0.15, 0.2) is 84.0 Å². The number of fused-ring (bicyclic) bond motifs is 1. The molecule has 0 saturated carbocycles. The second-order valence-corrected chi connectivity index (χ2v) is 6.55. The first kappa shape index (κ1) is 19.3. The minimum atomic E-state index is -0.383. The molecule has 5 nitrogen and oxygen atoms in total. The summed E-state index contributed by atoms with van der Waals surface area (Å²) in [7, 11) is 1.57. The average Bonchev–Trinajstić information content (AvgIpc) is 2.79. The van der Waals surface area contributed by atoms with Gasteiger partial charge in [-0.15, -0.1) is 0 Å². The molecule has 0 bridgehead atoms. The third kappa shape index (κ3) is 4.17. The molecule has 0 aliphatic heterocycles. The maximum Gasteiger partial charge on any atom is 0.272 e. The van der Waals surface area contributed by atoms with Gasteiger partial charge in [-0.3, -0.25) is 4.79 Å². The molecule has 30 heavy (non-hydrogen) atoms. The van der Waals surface area contributed by atoms with Gasteiger partial charge < -0.3 is 4.74 Å². The van der Waals surface area contributed by atoms with Crippen LogP contribution in [0.1, 0.15) is 15.9 Å². The zero-order chi connectivity index (χ0) is 20.9. The summed E-state index contributed by atoms with van der Waals surface area (Å²) in [4.78, 5) is 17.6. The van der Waals surface area contributed by atoms with E-state index in [1.54, 1.807) is 37.4 Å². The van der Waals surface area contributed by atoms with Crippen LogP contribution in [0.4, 0.5) is 4.39 Å². The molecule has 4 rings (SSSR count). The Morgan fingerprint density at radius 3 is 2.53 bits per heavy atom. The van der Waals surface area contributed by atoms with Crippen molar-refractivity contribution in [2.75, 3.05) is 7.11 Å². The number of hydrogen-bond acceptors (Lipinski definition) is 4. The quantitative estimate of drug-likeness (QED) is 0.387. The Bertz CT molecular complexity index is 1220. The van der Waals surface area contributed by atoms with E-state index in [-0.39, 0.29) is 11.7 Å². The van der Waals surface area contributed by atoms with Crippen LogP contribution in [0.3, 0.4) is 0 Å². The molecule has 0 spiro atoms. The van der Waals surface area contributed by atoms with Crippen LogP contribution in [0.25, 0.3) is 22.2 Å². The Morgan fingerprint density at radius 2 is 1.80 bits per heavy atom. The number of nitrogens with zero attached hydrogens (tertiary/aromatic N) is 2. The largest absolute Gasteiger partial charge is 0.497 e. The van der Waals surface area contributed by atoms with E-state index in [0.717, 1.165) is 5.56 Å². The molecule has 1 heterocycles. The lowest BCUT2D eigenvalue weighted by atomic mass is 10.0. The van der Waals surface area contributed by atoms with Crippen molar-refractivity contribution < 1.29 is 13.9 Å². The van der Waals surface area contributed by atoms with Crippen molar-refractivity contribution in [3.8, 4) is 17.0 Å². The van der Waals surface area contributed by atoms with Crippen LogP contribution < -0.4 is 10.2 Å². The summed E-state index contributed by atoms with van der Waals surface area (Å²) in [6.07, 6.45) is 1.46. The van der Waals surface area contributed by atoms with E-state index >= 15 is 0 Å². The monoisotopic (exact) mass is 399 g/mol. The number of rotatable bonds is 5. The molecule has 1 amide bonds. The second-order valence-electron chi connectivity index (χ2n) is 6.55. The van der Waals surface area contributed by atoms with Crippen molar-refractivity contribution in [3.63, 3.8) is 0 Å². The van der Waals surface area contributed by atoms with Crippen LogP contribution >= 0.6 is 0 Å². The number of carbonyl (C=O) groups is 1. The summed E-state index contributed by atoms with van der Waals surface area (Å²) in [5.74, 6) is -0.0892. The van der Waals surface area contributed by atoms with Gasteiger partial charge in [0.25, 0.3) is 5.91 Å². The van der Waals surface area contributed by atoms with Crippen molar-refractivity contribution in [2.45, 2.75) is 0 Å². The molecule has 4 aromatic rings. The van der Waals surface area contributed by atoms with Crippen LogP contribution in [0.5, 0.6) is 5.75 Å². The molecule has 0 aliphatic carbocycles. The molecule has 6 heteroatoms. The lowest BCUT2D eigenvalue weighted by molar-refractivity contribution is 0.0956. The van der Waals surface area contributed by atoms with Gasteiger partial charge in [0, 0.05) is 10.9 Å². The van der Waals surface area contributed by atoms with E-state index in [1.807, 2.05) is 36.4 Å². The summed E-state index contributed by atoms with van der Waals surface area (Å²) in [6, 6.07) is 22.6. The van der Waals surface area contributed by atoms with Gasteiger partial charge in [-0.2, -0.15) is 5.10 Å². The number of amides is 1. The zero-order valence-corrected chi connectivity index (χ0v) is 16.2. The van der Waals surface area contributed by atoms with Crippen molar-refractivity contribution in [2.24, 2.45) is 5.10 Å². The number of ether oxygens (including phenoxy) is 1. The van der Waals surface area contributed by atoms with Gasteiger partial charge in [-0.25, -0.2) is 14.8 Å². The third-order valence-corrected chi connectivity index (χ3v) is 4.58. The Hall–Kier alpha value is -4.06. The zero-order valence-electron chi connectivity index (χ0n) is 16.2. The second kappa shape index (κ2) is 8.53. The van der Waals surface area contributed by atoms with Gasteiger partial charge >= 0.3 is 0 Å². The Kier molecular flexibility index (Phi) is 5.48. The molecular weight excluding hydrogens is 381 g/mol. The maximum absolute atomic E-state index is 13.0. The van der Waals surface area contributed by atoms with E-state index in [2.05, 4.69) is 10.5 Å². The van der Waals surface area contributed by atoms with Gasteiger partial charge in [0.15, 0.2) is 0 Å². The Labute approximate surface area is 172 Å². The number of carbonyl (C=O) groups excluding carboxylic acids is 1. The number of hydrogen-bond donors (Lipinski definition) is 1. The highest BCUT2D eigenvalue weighted by Gasteiger charge is 2.14. The fraction of sp³-hybridized carbons (Fsp3) is 0.0417. The van der Waals surface area contributed by atoms with Gasteiger partial charge in [-0.05, 0) is 42.0 Å². The van der Waals surface area contributed by atoms with E-state index in [1.165, 1.54) is 18.3 Å². The number of pyridine rings is 1. The lowest BCUT2D eigenvalue weighted by Gasteiger charge is -2.10. The predicted molar refractivity (Wildman–Crippen MR) is 115 cm³/mol. The number of halogens is 1.